The molecule has 2 aromatic carbocycles. The van der Waals surface area contributed by atoms with Crippen molar-refractivity contribution in [3.05, 3.63) is 59.7 Å². The zero-order chi connectivity index (χ0) is 15.3. The predicted molar refractivity (Wildman–Crippen MR) is 84.3 cm³/mol. The summed E-state index contributed by atoms with van der Waals surface area (Å²) in [5, 5.41) is 12.7. The summed E-state index contributed by atoms with van der Waals surface area (Å²) in [4.78, 5) is 0. The maximum atomic E-state index is 9.30. The van der Waals surface area contributed by atoms with E-state index in [2.05, 4.69) is 32.2 Å². The summed E-state index contributed by atoms with van der Waals surface area (Å²) in [5.74, 6) is 1.32. The zero-order valence-electron chi connectivity index (χ0n) is 12.7. The highest BCUT2D eigenvalue weighted by Crippen LogP contribution is 2.25. The highest BCUT2D eigenvalue weighted by molar-refractivity contribution is 5.47. The molecule has 0 saturated heterocycles. The van der Waals surface area contributed by atoms with Crippen LogP contribution >= 0.6 is 0 Å². The van der Waals surface area contributed by atoms with Crippen LogP contribution in [0.25, 0.3) is 0 Å². The van der Waals surface area contributed by atoms with Gasteiger partial charge in [0.15, 0.2) is 0 Å². The number of ether oxygens (including phenoxy) is 1. The highest BCUT2D eigenvalue weighted by Gasteiger charge is 2.10. The first-order valence-corrected chi connectivity index (χ1v) is 6.99. The van der Waals surface area contributed by atoms with Crippen LogP contribution in [-0.4, -0.2) is 5.54 Å². The SMILES string of the molecule is CC(C)(C)NCc1ccc(Oc2ccccc2)c(C#N)c1. The van der Waals surface area contributed by atoms with E-state index in [1.165, 1.54) is 0 Å². The van der Waals surface area contributed by atoms with Gasteiger partial charge >= 0.3 is 0 Å². The van der Waals surface area contributed by atoms with E-state index in [9.17, 15) is 5.26 Å². The van der Waals surface area contributed by atoms with Gasteiger partial charge < -0.3 is 10.1 Å². The van der Waals surface area contributed by atoms with Gasteiger partial charge in [-0.05, 0) is 50.6 Å². The number of nitrogens with one attached hydrogen (secondary N) is 1. The van der Waals surface area contributed by atoms with Crippen molar-refractivity contribution in [2.75, 3.05) is 0 Å². The van der Waals surface area contributed by atoms with E-state index in [-0.39, 0.29) is 5.54 Å². The highest BCUT2D eigenvalue weighted by atomic mass is 16.5. The molecule has 0 amide bonds. The molecule has 3 heteroatoms. The molecule has 0 heterocycles. The smallest absolute Gasteiger partial charge is 0.145 e. The van der Waals surface area contributed by atoms with Crippen molar-refractivity contribution in [3.63, 3.8) is 0 Å². The summed E-state index contributed by atoms with van der Waals surface area (Å²) in [7, 11) is 0. The number of hydrogen-bond donors (Lipinski definition) is 1. The Morgan fingerprint density at radius 1 is 1.10 bits per heavy atom. The lowest BCUT2D eigenvalue weighted by molar-refractivity contribution is 0.424. The van der Waals surface area contributed by atoms with Gasteiger partial charge in [-0.25, -0.2) is 0 Å². The fourth-order valence-corrected chi connectivity index (χ4v) is 1.85. The Labute approximate surface area is 126 Å². The number of nitriles is 1. The topological polar surface area (TPSA) is 45.0 Å². The number of benzene rings is 2. The third-order valence-corrected chi connectivity index (χ3v) is 2.96. The third kappa shape index (κ3) is 4.62. The molecule has 0 saturated carbocycles. The molecule has 2 aromatic rings. The monoisotopic (exact) mass is 280 g/mol. The van der Waals surface area contributed by atoms with Crippen LogP contribution in [0.3, 0.4) is 0 Å². The van der Waals surface area contributed by atoms with Crippen molar-refractivity contribution in [1.82, 2.24) is 5.32 Å². The van der Waals surface area contributed by atoms with Gasteiger partial charge in [-0.2, -0.15) is 5.26 Å². The van der Waals surface area contributed by atoms with Gasteiger partial charge in [-0.3, -0.25) is 0 Å². The van der Waals surface area contributed by atoms with Gasteiger partial charge in [-0.1, -0.05) is 24.3 Å². The van der Waals surface area contributed by atoms with Crippen molar-refractivity contribution in [3.8, 4) is 17.6 Å². The molecule has 0 fully saturated rings. The maximum Gasteiger partial charge on any atom is 0.145 e. The first-order chi connectivity index (χ1) is 9.98. The van der Waals surface area contributed by atoms with Crippen LogP contribution in [0.15, 0.2) is 48.5 Å². The lowest BCUT2D eigenvalue weighted by Gasteiger charge is -2.20. The largest absolute Gasteiger partial charge is 0.456 e. The van der Waals surface area contributed by atoms with Crippen molar-refractivity contribution in [2.45, 2.75) is 32.9 Å². The van der Waals surface area contributed by atoms with Crippen molar-refractivity contribution in [2.24, 2.45) is 0 Å². The van der Waals surface area contributed by atoms with Crippen LogP contribution in [0.2, 0.25) is 0 Å². The van der Waals surface area contributed by atoms with Gasteiger partial charge in [-0.15, -0.1) is 0 Å². The van der Waals surface area contributed by atoms with Gasteiger partial charge in [0.1, 0.15) is 17.6 Å². The van der Waals surface area contributed by atoms with E-state index >= 15 is 0 Å². The number of nitrogens with zero attached hydrogens (tertiary/aromatic N) is 1. The minimum Gasteiger partial charge on any atom is -0.456 e. The van der Waals surface area contributed by atoms with Gasteiger partial charge in [0.25, 0.3) is 0 Å². The normalized spacial score (nSPS) is 11.0. The molecule has 0 aliphatic carbocycles. The molecule has 0 bridgehead atoms. The second-order valence-corrected chi connectivity index (χ2v) is 5.96. The van der Waals surface area contributed by atoms with E-state index in [0.29, 0.717) is 11.3 Å². The zero-order valence-corrected chi connectivity index (χ0v) is 12.7. The lowest BCUT2D eigenvalue weighted by atomic mass is 10.1. The second-order valence-electron chi connectivity index (χ2n) is 5.96. The molecule has 21 heavy (non-hydrogen) atoms. The van der Waals surface area contributed by atoms with Gasteiger partial charge in [0.2, 0.25) is 0 Å². The molecule has 1 N–H and O–H groups in total. The fraction of sp³-hybridized carbons (Fsp3) is 0.278. The van der Waals surface area contributed by atoms with E-state index in [1.54, 1.807) is 0 Å². The lowest BCUT2D eigenvalue weighted by Crippen LogP contribution is -2.35. The Morgan fingerprint density at radius 3 is 2.43 bits per heavy atom. The molecular formula is C18H20N2O. The van der Waals surface area contributed by atoms with Crippen molar-refractivity contribution >= 4 is 0 Å². The summed E-state index contributed by atoms with van der Waals surface area (Å²) >= 11 is 0. The summed E-state index contributed by atoms with van der Waals surface area (Å²) in [6, 6.07) is 17.4. The molecule has 108 valence electrons. The summed E-state index contributed by atoms with van der Waals surface area (Å²) < 4.78 is 5.76. The van der Waals surface area contributed by atoms with Crippen LogP contribution in [0, 0.1) is 11.3 Å². The van der Waals surface area contributed by atoms with Gasteiger partial charge in [0.05, 0.1) is 5.56 Å². The molecule has 0 atom stereocenters. The average molecular weight is 280 g/mol. The molecule has 0 spiro atoms. The quantitative estimate of drug-likeness (QED) is 0.911. The minimum atomic E-state index is 0.0476. The molecule has 0 radical (unpaired) electrons. The second kappa shape index (κ2) is 6.43. The first-order valence-electron chi connectivity index (χ1n) is 6.99. The van der Waals surface area contributed by atoms with Crippen LogP contribution in [0.1, 0.15) is 31.9 Å². The number of rotatable bonds is 4. The van der Waals surface area contributed by atoms with E-state index in [0.717, 1.165) is 17.9 Å². The summed E-state index contributed by atoms with van der Waals surface area (Å²) in [5.41, 5.74) is 1.67. The first kappa shape index (κ1) is 15.1. The molecule has 0 aliphatic heterocycles. The molecule has 0 unspecified atom stereocenters. The van der Waals surface area contributed by atoms with Crippen molar-refractivity contribution in [1.29, 1.82) is 5.26 Å². The molecule has 3 nitrogen and oxygen atoms in total. The Balaban J connectivity index is 2.15. The number of para-hydroxylation sites is 1. The van der Waals surface area contributed by atoms with E-state index in [1.807, 2.05) is 48.5 Å². The average Bonchev–Trinajstić information content (AvgIpc) is 2.46. The summed E-state index contributed by atoms with van der Waals surface area (Å²) in [6.07, 6.45) is 0. The number of hydrogen-bond acceptors (Lipinski definition) is 3. The Kier molecular flexibility index (Phi) is 4.62. The standard InChI is InChI=1S/C18H20N2O/c1-18(2,3)20-13-14-9-10-17(15(11-14)12-19)21-16-7-5-4-6-8-16/h4-11,20H,13H2,1-3H3. The molecule has 0 aromatic heterocycles. The third-order valence-electron chi connectivity index (χ3n) is 2.96. The molecular weight excluding hydrogens is 260 g/mol. The Morgan fingerprint density at radius 2 is 1.81 bits per heavy atom. The molecule has 0 aliphatic rings. The minimum absolute atomic E-state index is 0.0476. The maximum absolute atomic E-state index is 9.30. The Hall–Kier alpha value is -2.31. The van der Waals surface area contributed by atoms with Crippen LogP contribution in [-0.2, 0) is 6.54 Å². The molecule has 2 rings (SSSR count). The van der Waals surface area contributed by atoms with Crippen LogP contribution in [0.5, 0.6) is 11.5 Å². The Bertz CT molecular complexity index is 637. The fourth-order valence-electron chi connectivity index (χ4n) is 1.85. The van der Waals surface area contributed by atoms with E-state index < -0.39 is 0 Å². The van der Waals surface area contributed by atoms with Gasteiger partial charge in [0, 0.05) is 12.1 Å². The van der Waals surface area contributed by atoms with Crippen LogP contribution < -0.4 is 10.1 Å². The predicted octanol–water partition coefficient (Wildman–Crippen LogP) is 4.24. The van der Waals surface area contributed by atoms with E-state index in [4.69, 9.17) is 4.74 Å². The van der Waals surface area contributed by atoms with Crippen molar-refractivity contribution < 1.29 is 4.74 Å². The van der Waals surface area contributed by atoms with Crippen LogP contribution in [0.4, 0.5) is 0 Å². The summed E-state index contributed by atoms with van der Waals surface area (Å²) in [6.45, 7) is 7.07.